The average molecular weight is 380 g/mol. The van der Waals surface area contributed by atoms with Crippen molar-refractivity contribution in [3.8, 4) is 11.4 Å². The van der Waals surface area contributed by atoms with Gasteiger partial charge < -0.3 is 9.84 Å². The maximum atomic E-state index is 11.8. The van der Waals surface area contributed by atoms with E-state index in [2.05, 4.69) is 10.2 Å². The van der Waals surface area contributed by atoms with E-state index in [1.807, 2.05) is 30.3 Å². The molecule has 0 aliphatic carbocycles. The van der Waals surface area contributed by atoms with Crippen LogP contribution >= 0.6 is 11.6 Å². The summed E-state index contributed by atoms with van der Waals surface area (Å²) in [7, 11) is 0. The number of halogens is 1. The molecule has 1 heterocycles. The summed E-state index contributed by atoms with van der Waals surface area (Å²) in [6.45, 7) is 0. The molecule has 0 saturated carbocycles. The van der Waals surface area contributed by atoms with Gasteiger partial charge in [0.2, 0.25) is 6.10 Å². The molecule has 27 heavy (non-hydrogen) atoms. The van der Waals surface area contributed by atoms with Crippen LogP contribution < -0.4 is 4.74 Å². The molecular formula is C20H14ClN3O3. The van der Waals surface area contributed by atoms with E-state index in [1.165, 1.54) is 4.80 Å². The standard InChI is InChI=1S/C20H14ClN3O3/c21-14-10-11-18(27-19(20(25)26)13-6-2-1-3-7-13)17(12-14)24-22-15-8-4-5-9-16(15)23-24/h1-12,19H,(H,25,26). The van der Waals surface area contributed by atoms with E-state index in [4.69, 9.17) is 16.3 Å². The first-order chi connectivity index (χ1) is 13.1. The molecular weight excluding hydrogens is 366 g/mol. The molecule has 0 spiro atoms. The van der Waals surface area contributed by atoms with Crippen molar-refractivity contribution in [1.82, 2.24) is 15.0 Å². The zero-order chi connectivity index (χ0) is 18.8. The molecule has 1 aromatic heterocycles. The van der Waals surface area contributed by atoms with Gasteiger partial charge in [-0.25, -0.2) is 4.79 Å². The monoisotopic (exact) mass is 379 g/mol. The molecule has 134 valence electrons. The van der Waals surface area contributed by atoms with Crippen LogP contribution in [-0.2, 0) is 4.79 Å². The summed E-state index contributed by atoms with van der Waals surface area (Å²) >= 11 is 6.14. The number of aromatic nitrogens is 3. The molecule has 0 fully saturated rings. The molecule has 1 unspecified atom stereocenters. The summed E-state index contributed by atoms with van der Waals surface area (Å²) in [4.78, 5) is 13.2. The van der Waals surface area contributed by atoms with Crippen LogP contribution in [0.2, 0.25) is 5.02 Å². The minimum atomic E-state index is -1.17. The van der Waals surface area contributed by atoms with E-state index in [1.54, 1.807) is 42.5 Å². The number of carboxylic acids is 1. The third kappa shape index (κ3) is 3.47. The fourth-order valence-electron chi connectivity index (χ4n) is 2.73. The smallest absolute Gasteiger partial charge is 0.349 e. The van der Waals surface area contributed by atoms with Crippen LogP contribution in [0, 0.1) is 0 Å². The number of carboxylic acid groups (broad SMARTS) is 1. The topological polar surface area (TPSA) is 77.2 Å². The van der Waals surface area contributed by atoms with Crippen molar-refractivity contribution in [2.45, 2.75) is 6.10 Å². The lowest BCUT2D eigenvalue weighted by atomic mass is 10.1. The van der Waals surface area contributed by atoms with Crippen LogP contribution in [0.25, 0.3) is 16.7 Å². The fraction of sp³-hybridized carbons (Fsp3) is 0.0500. The van der Waals surface area contributed by atoms with Crippen LogP contribution in [0.4, 0.5) is 0 Å². The first-order valence-corrected chi connectivity index (χ1v) is 8.56. The maximum Gasteiger partial charge on any atom is 0.349 e. The summed E-state index contributed by atoms with van der Waals surface area (Å²) < 4.78 is 5.84. The Kier molecular flexibility index (Phi) is 4.48. The Bertz CT molecular complexity index is 1080. The molecule has 1 atom stereocenters. The normalized spacial score (nSPS) is 12.0. The lowest BCUT2D eigenvalue weighted by Crippen LogP contribution is -2.19. The van der Waals surface area contributed by atoms with Gasteiger partial charge in [0.1, 0.15) is 22.5 Å². The van der Waals surface area contributed by atoms with Crippen LogP contribution in [0.5, 0.6) is 5.75 Å². The van der Waals surface area contributed by atoms with Crippen molar-refractivity contribution in [3.05, 3.63) is 83.4 Å². The lowest BCUT2D eigenvalue weighted by molar-refractivity contribution is -0.145. The van der Waals surface area contributed by atoms with Crippen molar-refractivity contribution in [2.24, 2.45) is 0 Å². The van der Waals surface area contributed by atoms with Crippen molar-refractivity contribution < 1.29 is 14.6 Å². The van der Waals surface area contributed by atoms with Gasteiger partial charge in [0.25, 0.3) is 0 Å². The number of carbonyl (C=O) groups is 1. The Hall–Kier alpha value is -3.38. The highest BCUT2D eigenvalue weighted by Crippen LogP contribution is 2.30. The van der Waals surface area contributed by atoms with Gasteiger partial charge in [0.05, 0.1) is 0 Å². The first-order valence-electron chi connectivity index (χ1n) is 8.18. The molecule has 3 aromatic carbocycles. The summed E-state index contributed by atoms with van der Waals surface area (Å²) in [6, 6.07) is 21.1. The predicted octanol–water partition coefficient (Wildman–Crippen LogP) is 4.28. The molecule has 0 aliphatic rings. The third-order valence-electron chi connectivity index (χ3n) is 3.99. The molecule has 1 N–H and O–H groups in total. The number of ether oxygens (including phenoxy) is 1. The molecule has 0 aliphatic heterocycles. The molecule has 7 heteroatoms. The van der Waals surface area contributed by atoms with Crippen LogP contribution in [-0.4, -0.2) is 26.1 Å². The molecule has 6 nitrogen and oxygen atoms in total. The van der Waals surface area contributed by atoms with Crippen LogP contribution in [0.1, 0.15) is 11.7 Å². The highest BCUT2D eigenvalue weighted by molar-refractivity contribution is 6.30. The zero-order valence-corrected chi connectivity index (χ0v) is 14.7. The number of rotatable bonds is 5. The van der Waals surface area contributed by atoms with E-state index in [0.29, 0.717) is 33.1 Å². The summed E-state index contributed by atoms with van der Waals surface area (Å²) in [5.74, 6) is -0.781. The first kappa shape index (κ1) is 17.1. The lowest BCUT2D eigenvalue weighted by Gasteiger charge is -2.17. The minimum Gasteiger partial charge on any atom is -0.478 e. The van der Waals surface area contributed by atoms with Gasteiger partial charge in [0, 0.05) is 10.6 Å². The Morgan fingerprint density at radius 3 is 2.22 bits per heavy atom. The number of fused-ring (bicyclic) bond motifs is 1. The zero-order valence-electron chi connectivity index (χ0n) is 14.0. The number of benzene rings is 3. The second kappa shape index (κ2) is 7.09. The van der Waals surface area contributed by atoms with Gasteiger partial charge in [0.15, 0.2) is 0 Å². The van der Waals surface area contributed by atoms with E-state index in [9.17, 15) is 9.90 Å². The summed E-state index contributed by atoms with van der Waals surface area (Å²) in [5, 5.41) is 19.0. The van der Waals surface area contributed by atoms with E-state index in [0.717, 1.165) is 0 Å². The molecule has 4 rings (SSSR count). The molecule has 0 radical (unpaired) electrons. The molecule has 0 saturated heterocycles. The summed E-state index contributed by atoms with van der Waals surface area (Å²) in [5.41, 5.74) is 2.41. The van der Waals surface area contributed by atoms with E-state index < -0.39 is 12.1 Å². The van der Waals surface area contributed by atoms with Gasteiger partial charge in [-0.1, -0.05) is 54.1 Å². The average Bonchev–Trinajstić information content (AvgIpc) is 3.11. The van der Waals surface area contributed by atoms with Gasteiger partial charge in [-0.15, -0.1) is 15.0 Å². The SMILES string of the molecule is O=C(O)C(Oc1ccc(Cl)cc1-n1nc2ccccc2n1)c1ccccc1. The van der Waals surface area contributed by atoms with E-state index in [-0.39, 0.29) is 0 Å². The number of nitrogens with zero attached hydrogens (tertiary/aromatic N) is 3. The van der Waals surface area contributed by atoms with Gasteiger partial charge in [-0.3, -0.25) is 0 Å². The second-order valence-electron chi connectivity index (χ2n) is 5.84. The van der Waals surface area contributed by atoms with E-state index >= 15 is 0 Å². The largest absolute Gasteiger partial charge is 0.478 e. The van der Waals surface area contributed by atoms with Crippen molar-refractivity contribution in [3.63, 3.8) is 0 Å². The Morgan fingerprint density at radius 2 is 1.59 bits per heavy atom. The molecule has 0 amide bonds. The van der Waals surface area contributed by atoms with Crippen LogP contribution in [0.3, 0.4) is 0 Å². The maximum absolute atomic E-state index is 11.8. The second-order valence-corrected chi connectivity index (χ2v) is 6.27. The fourth-order valence-corrected chi connectivity index (χ4v) is 2.90. The van der Waals surface area contributed by atoms with Crippen molar-refractivity contribution in [2.75, 3.05) is 0 Å². The Labute approximate surface area is 159 Å². The third-order valence-corrected chi connectivity index (χ3v) is 4.23. The van der Waals surface area contributed by atoms with Gasteiger partial charge in [-0.05, 0) is 30.3 Å². The number of aliphatic carboxylic acids is 1. The predicted molar refractivity (Wildman–Crippen MR) is 101 cm³/mol. The van der Waals surface area contributed by atoms with Gasteiger partial charge in [-0.2, -0.15) is 0 Å². The quantitative estimate of drug-likeness (QED) is 0.560. The Morgan fingerprint density at radius 1 is 0.963 bits per heavy atom. The Balaban J connectivity index is 1.78. The van der Waals surface area contributed by atoms with Crippen molar-refractivity contribution in [1.29, 1.82) is 0 Å². The van der Waals surface area contributed by atoms with Gasteiger partial charge >= 0.3 is 5.97 Å². The molecule has 4 aromatic rings. The molecule has 0 bridgehead atoms. The number of hydrogen-bond donors (Lipinski definition) is 1. The highest BCUT2D eigenvalue weighted by atomic mass is 35.5. The van der Waals surface area contributed by atoms with Crippen molar-refractivity contribution >= 4 is 28.6 Å². The highest BCUT2D eigenvalue weighted by Gasteiger charge is 2.24. The summed E-state index contributed by atoms with van der Waals surface area (Å²) in [6.07, 6.45) is -1.17. The van der Waals surface area contributed by atoms with Crippen LogP contribution in [0.15, 0.2) is 72.8 Å². The number of hydrogen-bond acceptors (Lipinski definition) is 4. The minimum absolute atomic E-state index is 0.316.